The van der Waals surface area contributed by atoms with Crippen LogP contribution in [-0.4, -0.2) is 48.8 Å². The van der Waals surface area contributed by atoms with E-state index < -0.39 is 23.6 Å². The summed E-state index contributed by atoms with van der Waals surface area (Å²) in [5.41, 5.74) is 1.53. The molecule has 0 radical (unpaired) electrons. The largest absolute Gasteiger partial charge is 0.462 e. The summed E-state index contributed by atoms with van der Waals surface area (Å²) in [6.07, 6.45) is 4.44. The standard InChI is InChI=1S/C19H20N4O5/c1-3-28-18(26)14-5-7-15(8-6-14)21-22-23(2)19(27)20-11-10-13-4-9-16(24)17(25)12-13/h4-9,12H,3,10-11H2,1-2H3,(H,20,27). The first-order valence-corrected chi connectivity index (χ1v) is 8.58. The van der Waals surface area contributed by atoms with Gasteiger partial charge < -0.3 is 10.1 Å². The van der Waals surface area contributed by atoms with E-state index in [4.69, 9.17) is 4.74 Å². The fourth-order valence-electron chi connectivity index (χ4n) is 2.17. The van der Waals surface area contributed by atoms with E-state index in [9.17, 15) is 19.2 Å². The molecule has 0 saturated carbocycles. The van der Waals surface area contributed by atoms with Crippen molar-refractivity contribution >= 4 is 29.3 Å². The van der Waals surface area contributed by atoms with Crippen LogP contribution in [0.1, 0.15) is 23.7 Å². The molecule has 0 bridgehead atoms. The minimum atomic E-state index is -0.566. The number of hydrogen-bond acceptors (Lipinski definition) is 7. The van der Waals surface area contributed by atoms with Gasteiger partial charge in [-0.25, -0.2) is 9.59 Å². The predicted octanol–water partition coefficient (Wildman–Crippen LogP) is 2.53. The Bertz CT molecular complexity index is 856. The Hall–Kier alpha value is -3.62. The van der Waals surface area contributed by atoms with Crippen molar-refractivity contribution in [3.8, 4) is 0 Å². The van der Waals surface area contributed by atoms with Crippen LogP contribution in [-0.2, 0) is 14.3 Å². The molecule has 9 heteroatoms. The Morgan fingerprint density at radius 3 is 2.46 bits per heavy atom. The van der Waals surface area contributed by atoms with Crippen molar-refractivity contribution < 1.29 is 23.9 Å². The van der Waals surface area contributed by atoms with Crippen LogP contribution in [0, 0.1) is 0 Å². The van der Waals surface area contributed by atoms with Gasteiger partial charge in [-0.2, -0.15) is 5.01 Å². The molecule has 0 spiro atoms. The molecule has 2 amide bonds. The third-order valence-electron chi connectivity index (χ3n) is 3.66. The number of nitrogens with zero attached hydrogens (tertiary/aromatic N) is 3. The first kappa shape index (κ1) is 20.7. The van der Waals surface area contributed by atoms with Crippen LogP contribution in [0.5, 0.6) is 0 Å². The summed E-state index contributed by atoms with van der Waals surface area (Å²) < 4.78 is 4.89. The van der Waals surface area contributed by atoms with Crippen LogP contribution in [0.3, 0.4) is 0 Å². The number of urea groups is 1. The molecule has 0 atom stereocenters. The highest BCUT2D eigenvalue weighted by Crippen LogP contribution is 2.14. The number of ketones is 2. The third-order valence-corrected chi connectivity index (χ3v) is 3.66. The number of nitrogens with one attached hydrogen (secondary N) is 1. The first-order chi connectivity index (χ1) is 13.4. The summed E-state index contributed by atoms with van der Waals surface area (Å²) in [4.78, 5) is 45.9. The Kier molecular flexibility index (Phi) is 7.32. The van der Waals surface area contributed by atoms with Crippen molar-refractivity contribution in [2.45, 2.75) is 13.3 Å². The molecule has 0 aromatic heterocycles. The fraction of sp³-hybridized carbons (Fsp3) is 0.263. The highest BCUT2D eigenvalue weighted by molar-refractivity contribution is 6.46. The number of allylic oxidation sites excluding steroid dienone is 3. The van der Waals surface area contributed by atoms with Gasteiger partial charge in [0.25, 0.3) is 0 Å². The second-order valence-corrected chi connectivity index (χ2v) is 5.74. The Balaban J connectivity index is 1.81. The van der Waals surface area contributed by atoms with E-state index in [1.165, 1.54) is 19.2 Å². The lowest BCUT2D eigenvalue weighted by atomic mass is 10.0. The van der Waals surface area contributed by atoms with E-state index in [-0.39, 0.29) is 6.54 Å². The van der Waals surface area contributed by atoms with Crippen LogP contribution in [0.15, 0.2) is 58.4 Å². The van der Waals surface area contributed by atoms with Crippen molar-refractivity contribution in [1.29, 1.82) is 0 Å². The number of esters is 1. The summed E-state index contributed by atoms with van der Waals surface area (Å²) in [5.74, 6) is -1.54. The number of ether oxygens (including phenoxy) is 1. The van der Waals surface area contributed by atoms with Gasteiger partial charge in [-0.05, 0) is 55.3 Å². The lowest BCUT2D eigenvalue weighted by Gasteiger charge is -2.12. The molecule has 1 aromatic carbocycles. The molecule has 28 heavy (non-hydrogen) atoms. The van der Waals surface area contributed by atoms with Crippen LogP contribution in [0.4, 0.5) is 10.5 Å². The second kappa shape index (κ2) is 9.91. The minimum absolute atomic E-state index is 0.268. The topological polar surface area (TPSA) is 118 Å². The molecule has 0 unspecified atom stereocenters. The van der Waals surface area contributed by atoms with E-state index >= 15 is 0 Å². The zero-order chi connectivity index (χ0) is 20.5. The molecule has 0 aliphatic heterocycles. The number of carbonyl (C=O) groups excluding carboxylic acids is 4. The average molecular weight is 384 g/mol. The molecule has 0 saturated heterocycles. The number of benzene rings is 1. The number of hydrogen-bond donors (Lipinski definition) is 1. The quantitative estimate of drug-likeness (QED) is 0.255. The van der Waals surface area contributed by atoms with Gasteiger partial charge in [0.15, 0.2) is 0 Å². The molecule has 0 heterocycles. The highest BCUT2D eigenvalue weighted by atomic mass is 16.5. The molecule has 1 N–H and O–H groups in total. The Labute approximate surface area is 161 Å². The fourth-order valence-corrected chi connectivity index (χ4v) is 2.17. The molecule has 1 aromatic rings. The number of carbonyl (C=O) groups is 4. The highest BCUT2D eigenvalue weighted by Gasteiger charge is 2.13. The summed E-state index contributed by atoms with van der Waals surface area (Å²) in [6.45, 7) is 2.29. The van der Waals surface area contributed by atoms with Crippen LogP contribution < -0.4 is 5.32 Å². The molecule has 2 rings (SSSR count). The summed E-state index contributed by atoms with van der Waals surface area (Å²) >= 11 is 0. The maximum Gasteiger partial charge on any atom is 0.338 e. The van der Waals surface area contributed by atoms with Crippen molar-refractivity contribution in [2.75, 3.05) is 20.2 Å². The second-order valence-electron chi connectivity index (χ2n) is 5.74. The van der Waals surface area contributed by atoms with Gasteiger partial charge in [0.2, 0.25) is 11.6 Å². The van der Waals surface area contributed by atoms with Crippen molar-refractivity contribution in [1.82, 2.24) is 10.3 Å². The van der Waals surface area contributed by atoms with Crippen LogP contribution >= 0.6 is 0 Å². The van der Waals surface area contributed by atoms with E-state index in [1.807, 2.05) is 0 Å². The van der Waals surface area contributed by atoms with Gasteiger partial charge in [0.05, 0.1) is 17.9 Å². The number of rotatable bonds is 7. The van der Waals surface area contributed by atoms with Gasteiger partial charge in [-0.3, -0.25) is 9.59 Å². The molecule has 0 fully saturated rings. The van der Waals surface area contributed by atoms with E-state index in [1.54, 1.807) is 37.3 Å². The monoisotopic (exact) mass is 384 g/mol. The molecule has 9 nitrogen and oxygen atoms in total. The van der Waals surface area contributed by atoms with Crippen molar-refractivity contribution in [2.24, 2.45) is 10.3 Å². The molecule has 146 valence electrons. The SMILES string of the molecule is CCOC(=O)c1ccc(N=NN(C)C(=O)NCCC2=CC(=O)C(=O)C=C2)cc1. The smallest absolute Gasteiger partial charge is 0.338 e. The maximum atomic E-state index is 12.0. The summed E-state index contributed by atoms with van der Waals surface area (Å²) in [5, 5.41) is 11.4. The molecular weight excluding hydrogens is 364 g/mol. The van der Waals surface area contributed by atoms with Crippen molar-refractivity contribution in [3.63, 3.8) is 0 Å². The summed E-state index contributed by atoms with van der Waals surface area (Å²) in [7, 11) is 1.44. The van der Waals surface area contributed by atoms with Gasteiger partial charge >= 0.3 is 12.0 Å². The third kappa shape index (κ3) is 5.97. The average Bonchev–Trinajstić information content (AvgIpc) is 2.69. The van der Waals surface area contributed by atoms with Crippen LogP contribution in [0.25, 0.3) is 0 Å². The number of amides is 2. The van der Waals surface area contributed by atoms with Gasteiger partial charge in [0.1, 0.15) is 0 Å². The molecular formula is C19H20N4O5. The van der Waals surface area contributed by atoms with Crippen molar-refractivity contribution in [3.05, 3.63) is 53.6 Å². The maximum absolute atomic E-state index is 12.0. The zero-order valence-corrected chi connectivity index (χ0v) is 15.5. The minimum Gasteiger partial charge on any atom is -0.462 e. The first-order valence-electron chi connectivity index (χ1n) is 8.58. The lowest BCUT2D eigenvalue weighted by Crippen LogP contribution is -2.34. The Morgan fingerprint density at radius 1 is 1.11 bits per heavy atom. The van der Waals surface area contributed by atoms with E-state index in [0.717, 1.165) is 5.01 Å². The summed E-state index contributed by atoms with van der Waals surface area (Å²) in [6, 6.07) is 5.81. The lowest BCUT2D eigenvalue weighted by molar-refractivity contribution is -0.131. The molecule has 1 aliphatic rings. The Morgan fingerprint density at radius 2 is 1.82 bits per heavy atom. The van der Waals surface area contributed by atoms with Gasteiger partial charge in [0, 0.05) is 13.6 Å². The van der Waals surface area contributed by atoms with E-state index in [2.05, 4.69) is 15.7 Å². The van der Waals surface area contributed by atoms with Gasteiger partial charge in [-0.1, -0.05) is 11.3 Å². The molecule has 1 aliphatic carbocycles. The van der Waals surface area contributed by atoms with Gasteiger partial charge in [-0.15, -0.1) is 5.11 Å². The zero-order valence-electron chi connectivity index (χ0n) is 15.5. The predicted molar refractivity (Wildman–Crippen MR) is 99.9 cm³/mol. The normalized spacial score (nSPS) is 13.4. The van der Waals surface area contributed by atoms with Crippen LogP contribution in [0.2, 0.25) is 0 Å². The van der Waals surface area contributed by atoms with E-state index in [0.29, 0.717) is 29.9 Å².